The highest BCUT2D eigenvalue weighted by atomic mass is 35.5. The molecule has 3 rings (SSSR count). The van der Waals surface area contributed by atoms with Crippen molar-refractivity contribution in [2.75, 3.05) is 26.8 Å². The topological polar surface area (TPSA) is 55.8 Å². The Morgan fingerprint density at radius 2 is 1.80 bits per heavy atom. The summed E-state index contributed by atoms with van der Waals surface area (Å²) in [7, 11) is 1.47. The molecule has 0 saturated carbocycles. The van der Waals surface area contributed by atoms with E-state index in [-0.39, 0.29) is 47.6 Å². The maximum Gasteiger partial charge on any atom is 0.418 e. The van der Waals surface area contributed by atoms with Gasteiger partial charge >= 0.3 is 12.1 Å². The summed E-state index contributed by atoms with van der Waals surface area (Å²) in [5.41, 5.74) is -1.79. The zero-order chi connectivity index (χ0) is 25.8. The van der Waals surface area contributed by atoms with Gasteiger partial charge in [-0.1, -0.05) is 48.1 Å². The lowest BCUT2D eigenvalue weighted by Crippen LogP contribution is -2.41. The summed E-state index contributed by atoms with van der Waals surface area (Å²) in [5.74, 6) is -0.789. The van der Waals surface area contributed by atoms with Crippen molar-refractivity contribution in [2.45, 2.75) is 35.7 Å². The monoisotopic (exact) mass is 527 g/mol. The number of piperidine rings is 1. The fourth-order valence-electron chi connectivity index (χ4n) is 3.87. The van der Waals surface area contributed by atoms with E-state index in [1.54, 1.807) is 31.2 Å². The van der Waals surface area contributed by atoms with Crippen molar-refractivity contribution in [1.29, 1.82) is 0 Å². The van der Waals surface area contributed by atoms with E-state index in [0.717, 1.165) is 11.8 Å². The van der Waals surface area contributed by atoms with E-state index in [9.17, 15) is 22.8 Å². The molecule has 188 valence electrons. The molecule has 0 N–H and O–H groups in total. The van der Waals surface area contributed by atoms with Gasteiger partial charge in [-0.3, -0.25) is 9.59 Å². The summed E-state index contributed by atoms with van der Waals surface area (Å²) in [6, 6.07) is 9.56. The molecule has 0 bridgehead atoms. The highest BCUT2D eigenvalue weighted by molar-refractivity contribution is 7.99. The van der Waals surface area contributed by atoms with Crippen LogP contribution < -0.4 is 4.74 Å². The molecule has 0 aromatic heterocycles. The van der Waals surface area contributed by atoms with Crippen molar-refractivity contribution in [3.8, 4) is 5.75 Å². The highest BCUT2D eigenvalue weighted by Crippen LogP contribution is 2.46. The quantitative estimate of drug-likeness (QED) is 0.311. The van der Waals surface area contributed by atoms with Crippen molar-refractivity contribution < 1.29 is 32.2 Å². The average molecular weight is 528 g/mol. The minimum Gasteiger partial charge on any atom is -0.496 e. The Morgan fingerprint density at radius 1 is 1.14 bits per heavy atom. The molecule has 0 unspecified atom stereocenters. The summed E-state index contributed by atoms with van der Waals surface area (Å²) in [4.78, 5) is 27.1. The lowest BCUT2D eigenvalue weighted by molar-refractivity contribution is -0.150. The van der Waals surface area contributed by atoms with Crippen molar-refractivity contribution >= 4 is 40.8 Å². The third-order valence-corrected chi connectivity index (χ3v) is 7.29. The molecule has 0 radical (unpaired) electrons. The van der Waals surface area contributed by atoms with Crippen LogP contribution in [0.25, 0.3) is 5.57 Å². The highest BCUT2D eigenvalue weighted by Gasteiger charge is 2.39. The molecule has 35 heavy (non-hydrogen) atoms. The van der Waals surface area contributed by atoms with Crippen molar-refractivity contribution in [3.63, 3.8) is 0 Å². The molecule has 1 aliphatic heterocycles. The first kappa shape index (κ1) is 26.9. The second-order valence-corrected chi connectivity index (χ2v) is 9.31. The largest absolute Gasteiger partial charge is 0.496 e. The molecular weight excluding hydrogens is 503 g/mol. The molecule has 1 amide bonds. The van der Waals surface area contributed by atoms with Crippen LogP contribution in [0, 0.1) is 5.92 Å². The van der Waals surface area contributed by atoms with Crippen LogP contribution >= 0.6 is 23.4 Å². The number of alkyl halides is 3. The van der Waals surface area contributed by atoms with Gasteiger partial charge in [0.1, 0.15) is 5.75 Å². The first-order chi connectivity index (χ1) is 16.6. The number of halogens is 4. The second kappa shape index (κ2) is 11.4. The van der Waals surface area contributed by atoms with Gasteiger partial charge in [0.2, 0.25) is 0 Å². The fraction of sp³-hybridized carbons (Fsp3) is 0.360. The molecule has 1 fully saturated rings. The van der Waals surface area contributed by atoms with E-state index in [0.29, 0.717) is 23.5 Å². The summed E-state index contributed by atoms with van der Waals surface area (Å²) in [6.45, 7) is 6.09. The van der Waals surface area contributed by atoms with Crippen molar-refractivity contribution in [1.82, 2.24) is 4.90 Å². The Bertz CT molecular complexity index is 1110. The predicted octanol–water partition coefficient (Wildman–Crippen LogP) is 6.33. The zero-order valence-electron chi connectivity index (χ0n) is 19.3. The van der Waals surface area contributed by atoms with E-state index in [1.807, 2.05) is 0 Å². The number of rotatable bonds is 7. The second-order valence-electron chi connectivity index (χ2n) is 7.85. The van der Waals surface area contributed by atoms with E-state index in [1.165, 1.54) is 24.1 Å². The molecular formula is C25H25ClF3NO4S. The van der Waals surface area contributed by atoms with Gasteiger partial charge in [0.05, 0.1) is 35.1 Å². The van der Waals surface area contributed by atoms with Crippen molar-refractivity contribution in [2.24, 2.45) is 5.92 Å². The third kappa shape index (κ3) is 6.13. The van der Waals surface area contributed by atoms with E-state index < -0.39 is 22.7 Å². The summed E-state index contributed by atoms with van der Waals surface area (Å²) >= 11 is 7.30. The number of carbonyl (C=O) groups is 2. The molecule has 0 spiro atoms. The lowest BCUT2D eigenvalue weighted by atomic mass is 9.94. The summed E-state index contributed by atoms with van der Waals surface area (Å²) < 4.78 is 52.6. The van der Waals surface area contributed by atoms with Gasteiger partial charge in [0.25, 0.3) is 5.91 Å². The standard InChI is InChI=1S/C25H25ClF3NO4S/c1-4-34-24(32)16-11-13-30(14-12-16)23(31)15(2)17-9-10-20(22(26)21(17)25(27,28)29)35-19-8-6-5-7-18(19)33-3/h5-10,16H,2,4,11-14H2,1,3H3. The van der Waals surface area contributed by atoms with Gasteiger partial charge in [-0.05, 0) is 38.0 Å². The number of likely N-dealkylation sites (tertiary alicyclic amines) is 1. The maximum absolute atomic E-state index is 14.1. The Hall–Kier alpha value is -2.65. The number of esters is 1. The molecule has 1 aliphatic rings. The first-order valence-corrected chi connectivity index (χ1v) is 12.1. The van der Waals surface area contributed by atoms with Crippen LogP contribution in [0.15, 0.2) is 52.8 Å². The van der Waals surface area contributed by atoms with E-state index in [4.69, 9.17) is 21.1 Å². The number of methoxy groups -OCH3 is 1. The van der Waals surface area contributed by atoms with E-state index >= 15 is 0 Å². The van der Waals surface area contributed by atoms with Gasteiger partial charge in [0, 0.05) is 29.1 Å². The molecule has 2 aromatic rings. The number of ether oxygens (including phenoxy) is 2. The van der Waals surface area contributed by atoms with Gasteiger partial charge in [0.15, 0.2) is 0 Å². The van der Waals surface area contributed by atoms with Crippen LogP contribution in [0.3, 0.4) is 0 Å². The van der Waals surface area contributed by atoms with Crippen molar-refractivity contribution in [3.05, 3.63) is 59.1 Å². The van der Waals surface area contributed by atoms with Crippen LogP contribution in [0.5, 0.6) is 5.75 Å². The number of hydrogen-bond donors (Lipinski definition) is 0. The Balaban J connectivity index is 1.86. The summed E-state index contributed by atoms with van der Waals surface area (Å²) in [5, 5.41) is -0.513. The normalized spacial score (nSPS) is 14.5. The molecule has 5 nitrogen and oxygen atoms in total. The third-order valence-electron chi connectivity index (χ3n) is 5.66. The SMILES string of the molecule is C=C(C(=O)N1CCC(C(=O)OCC)CC1)c1ccc(Sc2ccccc2OC)c(Cl)c1C(F)(F)F. The van der Waals surface area contributed by atoms with Gasteiger partial charge in [-0.15, -0.1) is 0 Å². The van der Waals surface area contributed by atoms with Crippen LogP contribution in [-0.2, 0) is 20.5 Å². The Morgan fingerprint density at radius 3 is 2.40 bits per heavy atom. The van der Waals surface area contributed by atoms with Crippen LogP contribution in [0.4, 0.5) is 13.2 Å². The number of hydrogen-bond acceptors (Lipinski definition) is 5. The number of benzene rings is 2. The summed E-state index contributed by atoms with van der Waals surface area (Å²) in [6.07, 6.45) is -4.07. The molecule has 0 aliphatic carbocycles. The zero-order valence-corrected chi connectivity index (χ0v) is 20.9. The molecule has 10 heteroatoms. The number of nitrogens with zero attached hydrogens (tertiary/aromatic N) is 1. The number of para-hydroxylation sites is 1. The molecule has 0 atom stereocenters. The Kier molecular flexibility index (Phi) is 8.77. The molecule has 1 saturated heterocycles. The predicted molar refractivity (Wildman–Crippen MR) is 129 cm³/mol. The van der Waals surface area contributed by atoms with Gasteiger partial charge < -0.3 is 14.4 Å². The first-order valence-electron chi connectivity index (χ1n) is 10.9. The minimum absolute atomic E-state index is 0.169. The Labute approximate surface area is 211 Å². The molecule has 2 aromatic carbocycles. The molecule has 1 heterocycles. The minimum atomic E-state index is -4.82. The fourth-order valence-corrected chi connectivity index (χ4v) is 5.22. The van der Waals surface area contributed by atoms with Crippen LogP contribution in [-0.4, -0.2) is 43.6 Å². The van der Waals surface area contributed by atoms with Gasteiger partial charge in [-0.2, -0.15) is 13.2 Å². The number of amides is 1. The maximum atomic E-state index is 14.1. The number of carbonyl (C=O) groups excluding carboxylic acids is 2. The smallest absolute Gasteiger partial charge is 0.418 e. The van der Waals surface area contributed by atoms with E-state index in [2.05, 4.69) is 6.58 Å². The average Bonchev–Trinajstić information content (AvgIpc) is 2.84. The lowest BCUT2D eigenvalue weighted by Gasteiger charge is -2.31. The van der Waals surface area contributed by atoms with Crippen LogP contribution in [0.2, 0.25) is 5.02 Å². The van der Waals surface area contributed by atoms with Gasteiger partial charge in [-0.25, -0.2) is 0 Å². The van der Waals surface area contributed by atoms with Crippen LogP contribution in [0.1, 0.15) is 30.9 Å².